The Morgan fingerprint density at radius 1 is 0.889 bits per heavy atom. The molecule has 2 saturated carbocycles. The number of hydrogen-bond donors (Lipinski definition) is 2. The molecule has 13 nitrogen and oxygen atoms in total. The molecule has 2 bridgehead atoms. The third kappa shape index (κ3) is 7.58. The number of rotatable bonds is 11. The zero-order valence-electron chi connectivity index (χ0n) is 36.6. The van der Waals surface area contributed by atoms with Crippen LogP contribution in [0.3, 0.4) is 0 Å². The molecule has 332 valence electrons. The van der Waals surface area contributed by atoms with Gasteiger partial charge in [0.05, 0.1) is 30.0 Å². The molecule has 3 aromatic rings. The second-order valence-corrected chi connectivity index (χ2v) is 18.1. The molecule has 13 heteroatoms. The lowest BCUT2D eigenvalue weighted by atomic mass is 9.43. The molecular weight excluding hydrogens is 807 g/mol. The molecule has 1 aliphatic heterocycles. The molecule has 1 unspecified atom stereocenters. The maximum atomic E-state index is 15.7. The highest BCUT2D eigenvalue weighted by Crippen LogP contribution is 2.65. The van der Waals surface area contributed by atoms with E-state index < -0.39 is 106 Å². The lowest BCUT2D eigenvalue weighted by molar-refractivity contribution is -0.339. The van der Waals surface area contributed by atoms with Crippen LogP contribution >= 0.6 is 0 Å². The first kappa shape index (κ1) is 45.1. The van der Waals surface area contributed by atoms with Gasteiger partial charge in [0, 0.05) is 35.8 Å². The Kier molecular flexibility index (Phi) is 12.2. The number of nitrogens with one attached hydrogen (secondary N) is 1. The highest BCUT2D eigenvalue weighted by Gasteiger charge is 2.77. The lowest BCUT2D eigenvalue weighted by Gasteiger charge is -2.68. The smallest absolute Gasteiger partial charge is 0.338 e. The summed E-state index contributed by atoms with van der Waals surface area (Å²) in [5.41, 5.74) is -5.32. The predicted molar refractivity (Wildman–Crippen MR) is 229 cm³/mol. The summed E-state index contributed by atoms with van der Waals surface area (Å²) in [7, 11) is 0. The zero-order chi connectivity index (χ0) is 45.6. The molecular formula is C50H55NO12. The number of fused-ring (bicyclic) bond motifs is 5. The van der Waals surface area contributed by atoms with E-state index in [0.29, 0.717) is 16.7 Å². The maximum Gasteiger partial charge on any atom is 0.338 e. The first-order chi connectivity index (χ1) is 29.8. The van der Waals surface area contributed by atoms with Gasteiger partial charge in [0.15, 0.2) is 17.5 Å². The molecule has 4 aliphatic rings. The maximum absolute atomic E-state index is 15.7. The van der Waals surface area contributed by atoms with Crippen LogP contribution in [-0.4, -0.2) is 82.9 Å². The first-order valence-electron chi connectivity index (χ1n) is 21.3. The van der Waals surface area contributed by atoms with Gasteiger partial charge in [-0.25, -0.2) is 9.59 Å². The van der Waals surface area contributed by atoms with Crippen molar-refractivity contribution in [3.63, 3.8) is 0 Å². The third-order valence-electron chi connectivity index (χ3n) is 14.4. The summed E-state index contributed by atoms with van der Waals surface area (Å²) in [6.07, 6.45) is -4.47. The molecule has 1 saturated heterocycles. The van der Waals surface area contributed by atoms with Crippen LogP contribution in [0.15, 0.2) is 115 Å². The fourth-order valence-electron chi connectivity index (χ4n) is 10.6. The summed E-state index contributed by atoms with van der Waals surface area (Å²) in [6, 6.07) is 24.8. The number of benzene rings is 3. The van der Waals surface area contributed by atoms with Gasteiger partial charge in [-0.15, -0.1) is 0 Å². The van der Waals surface area contributed by atoms with Gasteiger partial charge in [0.1, 0.15) is 23.9 Å². The van der Waals surface area contributed by atoms with E-state index in [1.165, 1.54) is 6.92 Å². The molecule has 0 radical (unpaired) electrons. The van der Waals surface area contributed by atoms with Crippen molar-refractivity contribution in [3.8, 4) is 0 Å². The number of carbonyl (C=O) groups is 6. The molecule has 7 rings (SSSR count). The lowest BCUT2D eigenvalue weighted by Crippen LogP contribution is -2.81. The van der Waals surface area contributed by atoms with Gasteiger partial charge in [0.2, 0.25) is 0 Å². The van der Waals surface area contributed by atoms with Crippen LogP contribution in [0, 0.1) is 28.6 Å². The summed E-state index contributed by atoms with van der Waals surface area (Å²) >= 11 is 0. The van der Waals surface area contributed by atoms with E-state index in [4.69, 9.17) is 23.7 Å². The summed E-state index contributed by atoms with van der Waals surface area (Å²) in [4.78, 5) is 84.7. The number of ether oxygens (including phenoxy) is 5. The zero-order valence-corrected chi connectivity index (χ0v) is 36.6. The van der Waals surface area contributed by atoms with Crippen LogP contribution in [0.4, 0.5) is 0 Å². The van der Waals surface area contributed by atoms with Crippen molar-refractivity contribution in [2.45, 2.75) is 103 Å². The van der Waals surface area contributed by atoms with Crippen LogP contribution in [0.5, 0.6) is 0 Å². The SMILES string of the molecule is C=CC(=O)O[C@@]12CO[C@@H]1C[C@H](C)[C@@]1(C)C(=O)[C@H](OC(C)=O)C3=C(C)[C@@H](OC(=O)[C@H](C)[C@@H](NC(=O)c4ccccc4)c4ccccc4)C[C@@](O)([C@@H](OC(=O)c4ccccc4)C12)C3(C)C. The van der Waals surface area contributed by atoms with Gasteiger partial charge >= 0.3 is 23.9 Å². The number of ketones is 1. The number of amides is 1. The Hall–Kier alpha value is -5.92. The molecule has 63 heavy (non-hydrogen) atoms. The molecule has 0 aromatic heterocycles. The average Bonchev–Trinajstić information content (AvgIpc) is 3.26. The van der Waals surface area contributed by atoms with Gasteiger partial charge in [0.25, 0.3) is 5.91 Å². The topological polar surface area (TPSA) is 181 Å². The first-order valence-corrected chi connectivity index (χ1v) is 21.3. The Morgan fingerprint density at radius 3 is 2.03 bits per heavy atom. The van der Waals surface area contributed by atoms with Crippen LogP contribution in [0.2, 0.25) is 0 Å². The van der Waals surface area contributed by atoms with Crippen LogP contribution in [-0.2, 0) is 42.9 Å². The molecule has 3 aliphatic carbocycles. The Balaban J connectivity index is 1.39. The summed E-state index contributed by atoms with van der Waals surface area (Å²) < 4.78 is 31.3. The molecule has 1 amide bonds. The Labute approximate surface area is 367 Å². The number of carbonyl (C=O) groups excluding carboxylic acids is 6. The second-order valence-electron chi connectivity index (χ2n) is 18.1. The minimum Gasteiger partial charge on any atom is -0.457 e. The van der Waals surface area contributed by atoms with Crippen molar-refractivity contribution in [2.24, 2.45) is 28.6 Å². The average molecular weight is 862 g/mol. The highest BCUT2D eigenvalue weighted by atomic mass is 16.6. The molecule has 1 heterocycles. The highest BCUT2D eigenvalue weighted by molar-refractivity contribution is 5.96. The van der Waals surface area contributed by atoms with Crippen molar-refractivity contribution in [1.82, 2.24) is 5.32 Å². The standard InChI is InChI=1S/C50H55NO12/c1-9-37(53)63-49-27-59-36(49)25-28(2)48(8)41(49)43(62-46(57)34-23-17-12-18-24-34)50(58)26-35(29(3)38(47(50,6)7)40(42(48)54)60-31(5)52)61-45(56)30(4)39(32-19-13-10-14-20-32)51-44(55)33-21-15-11-16-22-33/h9-24,28,30,35-36,39-41,43,58H,1,25-27H2,2-8H3,(H,51,55)/t28-,30+,35-,36+,39+,40+,41?,43-,48+,49-,50+/m0/s1. The molecule has 11 atom stereocenters. The van der Waals surface area contributed by atoms with E-state index in [0.717, 1.165) is 6.08 Å². The van der Waals surface area contributed by atoms with E-state index in [1.807, 2.05) is 13.0 Å². The van der Waals surface area contributed by atoms with Crippen molar-refractivity contribution in [3.05, 3.63) is 131 Å². The van der Waals surface area contributed by atoms with Gasteiger partial charge in [-0.2, -0.15) is 0 Å². The summed E-state index contributed by atoms with van der Waals surface area (Å²) in [5, 5.41) is 16.9. The quantitative estimate of drug-likeness (QED) is 0.0933. The molecule has 3 aromatic carbocycles. The number of esters is 4. The summed E-state index contributed by atoms with van der Waals surface area (Å²) in [5.74, 6) is -7.06. The predicted octanol–water partition coefficient (Wildman–Crippen LogP) is 6.45. The normalized spacial score (nSPS) is 31.5. The Morgan fingerprint density at radius 2 is 1.48 bits per heavy atom. The van der Waals surface area contributed by atoms with E-state index in [9.17, 15) is 29.1 Å². The monoisotopic (exact) mass is 861 g/mol. The van der Waals surface area contributed by atoms with Crippen molar-refractivity contribution in [2.75, 3.05) is 6.61 Å². The van der Waals surface area contributed by atoms with Crippen molar-refractivity contribution in [1.29, 1.82) is 0 Å². The van der Waals surface area contributed by atoms with E-state index in [1.54, 1.807) is 120 Å². The van der Waals surface area contributed by atoms with Gasteiger partial charge in [-0.1, -0.05) is 101 Å². The molecule has 0 spiro atoms. The van der Waals surface area contributed by atoms with Gasteiger partial charge in [-0.3, -0.25) is 19.2 Å². The largest absolute Gasteiger partial charge is 0.457 e. The number of aliphatic hydroxyl groups is 1. The molecule has 2 N–H and O–H groups in total. The van der Waals surface area contributed by atoms with Crippen LogP contribution in [0.25, 0.3) is 0 Å². The van der Waals surface area contributed by atoms with Gasteiger partial charge < -0.3 is 34.1 Å². The van der Waals surface area contributed by atoms with E-state index in [-0.39, 0.29) is 30.6 Å². The molecule has 3 fully saturated rings. The van der Waals surface area contributed by atoms with E-state index in [2.05, 4.69) is 11.9 Å². The second kappa shape index (κ2) is 17.0. The van der Waals surface area contributed by atoms with Gasteiger partial charge in [-0.05, 0) is 67.2 Å². The number of Topliss-reactive ketones (excluding diaryl/α,β-unsaturated/α-hetero) is 1. The fourth-order valence-corrected chi connectivity index (χ4v) is 10.6. The number of hydrogen-bond acceptors (Lipinski definition) is 12. The third-order valence-corrected chi connectivity index (χ3v) is 14.4. The van der Waals surface area contributed by atoms with Crippen LogP contribution < -0.4 is 5.32 Å². The van der Waals surface area contributed by atoms with Crippen molar-refractivity contribution < 1.29 is 57.6 Å². The summed E-state index contributed by atoms with van der Waals surface area (Å²) in [6.45, 7) is 14.7. The Bertz CT molecular complexity index is 2330. The van der Waals surface area contributed by atoms with Crippen LogP contribution in [0.1, 0.15) is 93.6 Å². The minimum atomic E-state index is -2.23. The van der Waals surface area contributed by atoms with Crippen molar-refractivity contribution >= 4 is 35.6 Å². The fraction of sp³-hybridized carbons (Fsp3) is 0.440. The minimum absolute atomic E-state index is 0.151. The van der Waals surface area contributed by atoms with E-state index >= 15 is 4.79 Å².